The number of benzene rings is 1. The maximum Gasteiger partial charge on any atom is 0.387 e. The molecule has 1 aliphatic rings. The fourth-order valence-corrected chi connectivity index (χ4v) is 2.40. The summed E-state index contributed by atoms with van der Waals surface area (Å²) < 4.78 is 40.1. The first-order valence-electron chi connectivity index (χ1n) is 7.19. The normalized spacial score (nSPS) is 14.0. The highest BCUT2D eigenvalue weighted by atomic mass is 19.3. The smallest absolute Gasteiger partial charge is 0.387 e. The highest BCUT2D eigenvalue weighted by Crippen LogP contribution is 2.39. The van der Waals surface area contributed by atoms with E-state index in [0.29, 0.717) is 23.6 Å². The van der Waals surface area contributed by atoms with Crippen LogP contribution in [0.25, 0.3) is 0 Å². The Kier molecular flexibility index (Phi) is 5.59. The second kappa shape index (κ2) is 7.45. The fraction of sp³-hybridized carbons (Fsp3) is 0.533. The van der Waals surface area contributed by atoms with Crippen LogP contribution in [0, 0.1) is 5.92 Å². The molecule has 1 unspecified atom stereocenters. The topological polar surface area (TPSA) is 60.0 Å². The van der Waals surface area contributed by atoms with E-state index in [2.05, 4.69) is 10.1 Å². The number of nitrogens with zero attached hydrogens (tertiary/aromatic N) is 1. The molecule has 1 aromatic carbocycles. The van der Waals surface area contributed by atoms with E-state index in [1.165, 1.54) is 11.0 Å². The van der Waals surface area contributed by atoms with Crippen molar-refractivity contribution in [2.75, 3.05) is 27.4 Å². The van der Waals surface area contributed by atoms with Crippen LogP contribution in [0.4, 0.5) is 8.78 Å². The Labute approximate surface area is 133 Å². The molecule has 0 aliphatic carbocycles. The zero-order chi connectivity index (χ0) is 17.0. The number of carbonyl (C=O) groups is 1. The summed E-state index contributed by atoms with van der Waals surface area (Å²) in [7, 11) is 3.38. The van der Waals surface area contributed by atoms with Crippen molar-refractivity contribution in [3.8, 4) is 17.2 Å². The minimum Gasteiger partial charge on any atom is -0.454 e. The molecule has 1 aliphatic heterocycles. The van der Waals surface area contributed by atoms with E-state index in [0.717, 1.165) is 0 Å². The van der Waals surface area contributed by atoms with Crippen molar-refractivity contribution in [2.45, 2.75) is 20.1 Å². The zero-order valence-corrected chi connectivity index (χ0v) is 13.3. The highest BCUT2D eigenvalue weighted by molar-refractivity contribution is 5.78. The highest BCUT2D eigenvalue weighted by Gasteiger charge is 2.23. The molecule has 0 bridgehead atoms. The molecular formula is C15H20F2N2O4. The average molecular weight is 330 g/mol. The van der Waals surface area contributed by atoms with Gasteiger partial charge in [-0.2, -0.15) is 8.78 Å². The van der Waals surface area contributed by atoms with E-state index in [-0.39, 0.29) is 30.9 Å². The average Bonchev–Trinajstić information content (AvgIpc) is 2.93. The second-order valence-corrected chi connectivity index (χ2v) is 5.34. The van der Waals surface area contributed by atoms with E-state index in [4.69, 9.17) is 9.47 Å². The van der Waals surface area contributed by atoms with Gasteiger partial charge in [-0.05, 0) is 13.1 Å². The molecule has 0 fully saturated rings. The second-order valence-electron chi connectivity index (χ2n) is 5.34. The Morgan fingerprint density at radius 2 is 2.04 bits per heavy atom. The van der Waals surface area contributed by atoms with Crippen molar-refractivity contribution in [2.24, 2.45) is 5.92 Å². The Hall–Kier alpha value is -2.09. The summed E-state index contributed by atoms with van der Waals surface area (Å²) in [6.07, 6.45) is 0. The molecule has 0 spiro atoms. The quantitative estimate of drug-likeness (QED) is 0.826. The molecule has 0 aromatic heterocycles. The Balaban J connectivity index is 2.19. The van der Waals surface area contributed by atoms with Gasteiger partial charge in [-0.3, -0.25) is 4.79 Å². The number of carbonyl (C=O) groups excluding carboxylic acids is 1. The predicted molar refractivity (Wildman–Crippen MR) is 78.8 cm³/mol. The van der Waals surface area contributed by atoms with Crippen molar-refractivity contribution in [3.05, 3.63) is 17.7 Å². The molecule has 1 N–H and O–H groups in total. The van der Waals surface area contributed by atoms with Crippen molar-refractivity contribution in [3.63, 3.8) is 0 Å². The van der Waals surface area contributed by atoms with Gasteiger partial charge in [0, 0.05) is 37.7 Å². The van der Waals surface area contributed by atoms with E-state index in [9.17, 15) is 13.6 Å². The summed E-state index contributed by atoms with van der Waals surface area (Å²) in [6, 6.07) is 2.92. The largest absolute Gasteiger partial charge is 0.454 e. The van der Waals surface area contributed by atoms with Crippen LogP contribution in [0.1, 0.15) is 12.5 Å². The summed E-state index contributed by atoms with van der Waals surface area (Å²) in [5.41, 5.74) is 0.432. The molecule has 1 atom stereocenters. The molecule has 0 saturated carbocycles. The van der Waals surface area contributed by atoms with Crippen LogP contribution in [0.2, 0.25) is 0 Å². The molecular weight excluding hydrogens is 310 g/mol. The van der Waals surface area contributed by atoms with Gasteiger partial charge >= 0.3 is 6.61 Å². The lowest BCUT2D eigenvalue weighted by atomic mass is 10.1. The van der Waals surface area contributed by atoms with Crippen molar-refractivity contribution in [1.82, 2.24) is 10.2 Å². The van der Waals surface area contributed by atoms with Crippen LogP contribution in [0.5, 0.6) is 17.2 Å². The van der Waals surface area contributed by atoms with Gasteiger partial charge in [0.25, 0.3) is 0 Å². The number of hydrogen-bond donors (Lipinski definition) is 1. The van der Waals surface area contributed by atoms with Crippen LogP contribution in [-0.4, -0.2) is 44.9 Å². The molecule has 6 nitrogen and oxygen atoms in total. The summed E-state index contributed by atoms with van der Waals surface area (Å²) in [5.74, 6) is 0.455. The predicted octanol–water partition coefficient (Wildman–Crippen LogP) is 1.83. The van der Waals surface area contributed by atoms with Gasteiger partial charge in [0.05, 0.1) is 0 Å². The first kappa shape index (κ1) is 17.3. The molecule has 1 amide bonds. The zero-order valence-electron chi connectivity index (χ0n) is 13.3. The Morgan fingerprint density at radius 3 is 2.65 bits per heavy atom. The van der Waals surface area contributed by atoms with Crippen molar-refractivity contribution >= 4 is 5.91 Å². The number of alkyl halides is 2. The lowest BCUT2D eigenvalue weighted by Crippen LogP contribution is -2.35. The van der Waals surface area contributed by atoms with Crippen molar-refractivity contribution < 1.29 is 27.8 Å². The molecule has 2 rings (SSSR count). The number of halogens is 2. The third kappa shape index (κ3) is 4.22. The number of ether oxygens (including phenoxy) is 3. The SMILES string of the molecule is CNCC(C)C(=O)N(C)Cc1cc2c(cc1OC(F)F)OCO2. The summed E-state index contributed by atoms with van der Waals surface area (Å²) >= 11 is 0. The molecule has 1 heterocycles. The maximum absolute atomic E-state index is 12.6. The van der Waals surface area contributed by atoms with Crippen molar-refractivity contribution in [1.29, 1.82) is 0 Å². The molecule has 128 valence electrons. The molecule has 0 saturated heterocycles. The summed E-state index contributed by atoms with van der Waals surface area (Å²) in [4.78, 5) is 13.7. The molecule has 23 heavy (non-hydrogen) atoms. The minimum atomic E-state index is -2.96. The molecule has 0 radical (unpaired) electrons. The van der Waals surface area contributed by atoms with Gasteiger partial charge in [0.2, 0.25) is 12.7 Å². The van der Waals surface area contributed by atoms with Gasteiger partial charge in [-0.25, -0.2) is 0 Å². The van der Waals surface area contributed by atoms with E-state index in [1.54, 1.807) is 27.1 Å². The molecule has 8 heteroatoms. The van der Waals surface area contributed by atoms with E-state index in [1.807, 2.05) is 0 Å². The Morgan fingerprint density at radius 1 is 1.39 bits per heavy atom. The third-order valence-electron chi connectivity index (χ3n) is 3.49. The molecule has 1 aromatic rings. The third-order valence-corrected chi connectivity index (χ3v) is 3.49. The number of hydrogen-bond acceptors (Lipinski definition) is 5. The summed E-state index contributed by atoms with van der Waals surface area (Å²) in [6.45, 7) is -0.471. The summed E-state index contributed by atoms with van der Waals surface area (Å²) in [5, 5.41) is 2.93. The van der Waals surface area contributed by atoms with Crippen LogP contribution in [0.15, 0.2) is 12.1 Å². The van der Waals surface area contributed by atoms with Crippen LogP contribution < -0.4 is 19.5 Å². The number of nitrogens with one attached hydrogen (secondary N) is 1. The van der Waals surface area contributed by atoms with Crippen LogP contribution >= 0.6 is 0 Å². The lowest BCUT2D eigenvalue weighted by Gasteiger charge is -2.22. The number of rotatable bonds is 7. The van der Waals surface area contributed by atoms with E-state index >= 15 is 0 Å². The standard InChI is InChI=1S/C15H20F2N2O4/c1-9(6-18-2)14(20)19(3)7-10-4-12-13(22-8-21-12)5-11(10)23-15(16)17/h4-5,9,15,18H,6-8H2,1-3H3. The van der Waals surface area contributed by atoms with Gasteiger partial charge in [0.1, 0.15) is 5.75 Å². The van der Waals surface area contributed by atoms with Crippen LogP contribution in [-0.2, 0) is 11.3 Å². The first-order chi connectivity index (χ1) is 10.9. The fourth-order valence-electron chi connectivity index (χ4n) is 2.40. The first-order valence-corrected chi connectivity index (χ1v) is 7.19. The lowest BCUT2D eigenvalue weighted by molar-refractivity contribution is -0.134. The van der Waals surface area contributed by atoms with Gasteiger partial charge < -0.3 is 24.4 Å². The monoisotopic (exact) mass is 330 g/mol. The minimum absolute atomic E-state index is 0.0230. The number of fused-ring (bicyclic) bond motifs is 1. The number of amides is 1. The van der Waals surface area contributed by atoms with Crippen LogP contribution in [0.3, 0.4) is 0 Å². The van der Waals surface area contributed by atoms with Gasteiger partial charge in [-0.15, -0.1) is 0 Å². The van der Waals surface area contributed by atoms with E-state index < -0.39 is 6.61 Å². The van der Waals surface area contributed by atoms with Gasteiger partial charge in [-0.1, -0.05) is 6.92 Å². The Bertz CT molecular complexity index is 569. The van der Waals surface area contributed by atoms with Gasteiger partial charge in [0.15, 0.2) is 11.5 Å². The maximum atomic E-state index is 12.6.